The van der Waals surface area contributed by atoms with Gasteiger partial charge in [-0.2, -0.15) is 0 Å². The molecule has 0 aromatic rings. The lowest BCUT2D eigenvalue weighted by Gasteiger charge is -2.31. The van der Waals surface area contributed by atoms with E-state index in [9.17, 15) is 5.11 Å². The monoisotopic (exact) mass is 163 g/mol. The first-order valence-electron chi connectivity index (χ1n) is 3.58. The highest BCUT2D eigenvalue weighted by molar-refractivity contribution is 4.74. The van der Waals surface area contributed by atoms with Crippen molar-refractivity contribution in [3.05, 3.63) is 0 Å². The Morgan fingerprint density at radius 3 is 2.82 bits per heavy atom. The maximum absolute atomic E-state index is 9.20. The molecule has 1 aliphatic rings. The standard InChI is InChI=1S/C6H13NO4/c7-11-6-2-1-4(9)5(3-8)10-6/h4-6,8-9H,1-3,7H2/t4-,5+,6?/m0/s1. The number of nitrogens with two attached hydrogens (primary N) is 1. The van der Waals surface area contributed by atoms with Crippen molar-refractivity contribution in [2.24, 2.45) is 5.90 Å². The zero-order chi connectivity index (χ0) is 8.27. The summed E-state index contributed by atoms with van der Waals surface area (Å²) in [5.41, 5.74) is 0. The summed E-state index contributed by atoms with van der Waals surface area (Å²) in [5, 5.41) is 17.9. The molecule has 1 rings (SSSR count). The molecule has 0 bridgehead atoms. The Morgan fingerprint density at radius 1 is 1.55 bits per heavy atom. The maximum atomic E-state index is 9.20. The fraction of sp³-hybridized carbons (Fsp3) is 1.00. The van der Waals surface area contributed by atoms with Crippen molar-refractivity contribution in [2.45, 2.75) is 31.3 Å². The van der Waals surface area contributed by atoms with E-state index in [0.29, 0.717) is 12.8 Å². The Labute approximate surface area is 64.7 Å². The van der Waals surface area contributed by atoms with Gasteiger partial charge in [0.2, 0.25) is 0 Å². The van der Waals surface area contributed by atoms with Gasteiger partial charge in [0.15, 0.2) is 6.29 Å². The van der Waals surface area contributed by atoms with Crippen LogP contribution in [-0.4, -0.2) is 35.3 Å². The Morgan fingerprint density at radius 2 is 2.27 bits per heavy atom. The molecule has 1 fully saturated rings. The average Bonchev–Trinajstić information content (AvgIpc) is 2.05. The first kappa shape index (κ1) is 8.89. The summed E-state index contributed by atoms with van der Waals surface area (Å²) in [7, 11) is 0. The minimum atomic E-state index is -0.605. The predicted molar refractivity (Wildman–Crippen MR) is 36.3 cm³/mol. The van der Waals surface area contributed by atoms with Crippen LogP contribution in [0.4, 0.5) is 0 Å². The van der Waals surface area contributed by atoms with Gasteiger partial charge in [0, 0.05) is 6.42 Å². The molecule has 0 aromatic heterocycles. The molecular weight excluding hydrogens is 150 g/mol. The molecule has 0 aromatic carbocycles. The molecule has 3 atom stereocenters. The quantitative estimate of drug-likeness (QED) is 0.442. The van der Waals surface area contributed by atoms with Crippen LogP contribution in [0.15, 0.2) is 0 Å². The number of aliphatic hydroxyl groups excluding tert-OH is 2. The zero-order valence-corrected chi connectivity index (χ0v) is 6.14. The van der Waals surface area contributed by atoms with Crippen LogP contribution >= 0.6 is 0 Å². The summed E-state index contributed by atoms with van der Waals surface area (Å²) in [4.78, 5) is 4.43. The Kier molecular flexibility index (Phi) is 3.22. The largest absolute Gasteiger partial charge is 0.394 e. The molecule has 1 saturated heterocycles. The minimum Gasteiger partial charge on any atom is -0.394 e. The van der Waals surface area contributed by atoms with Gasteiger partial charge in [0.1, 0.15) is 6.10 Å². The van der Waals surface area contributed by atoms with Crippen LogP contribution in [0, 0.1) is 0 Å². The predicted octanol–water partition coefficient (Wildman–Crippen LogP) is -1.27. The topological polar surface area (TPSA) is 84.9 Å². The van der Waals surface area contributed by atoms with Crippen LogP contribution in [0.25, 0.3) is 0 Å². The minimum absolute atomic E-state index is 0.207. The summed E-state index contributed by atoms with van der Waals surface area (Å²) in [5.74, 6) is 4.88. The van der Waals surface area contributed by atoms with Crippen molar-refractivity contribution in [3.8, 4) is 0 Å². The Balaban J connectivity index is 2.37. The van der Waals surface area contributed by atoms with Gasteiger partial charge in [-0.3, -0.25) is 4.84 Å². The molecule has 1 heterocycles. The zero-order valence-electron chi connectivity index (χ0n) is 6.14. The smallest absolute Gasteiger partial charge is 0.177 e. The van der Waals surface area contributed by atoms with E-state index in [1.807, 2.05) is 0 Å². The van der Waals surface area contributed by atoms with Crippen LogP contribution in [0.1, 0.15) is 12.8 Å². The van der Waals surface area contributed by atoms with E-state index in [0.717, 1.165) is 0 Å². The normalized spacial score (nSPS) is 39.0. The van der Waals surface area contributed by atoms with E-state index in [-0.39, 0.29) is 6.61 Å². The summed E-state index contributed by atoms with van der Waals surface area (Å²) in [6, 6.07) is 0. The number of ether oxygens (including phenoxy) is 1. The fourth-order valence-corrected chi connectivity index (χ4v) is 1.11. The Bertz CT molecular complexity index is 121. The summed E-state index contributed by atoms with van der Waals surface area (Å²) >= 11 is 0. The first-order valence-corrected chi connectivity index (χ1v) is 3.58. The molecule has 1 unspecified atom stereocenters. The van der Waals surface area contributed by atoms with Gasteiger partial charge in [-0.1, -0.05) is 0 Å². The van der Waals surface area contributed by atoms with Crippen molar-refractivity contribution < 1.29 is 19.8 Å². The van der Waals surface area contributed by atoms with Crippen molar-refractivity contribution in [1.82, 2.24) is 0 Å². The lowest BCUT2D eigenvalue weighted by molar-refractivity contribution is -0.231. The highest BCUT2D eigenvalue weighted by Crippen LogP contribution is 2.18. The molecule has 4 N–H and O–H groups in total. The van der Waals surface area contributed by atoms with Crippen LogP contribution in [-0.2, 0) is 9.57 Å². The van der Waals surface area contributed by atoms with Gasteiger partial charge in [0.25, 0.3) is 0 Å². The van der Waals surface area contributed by atoms with Crippen molar-refractivity contribution in [3.63, 3.8) is 0 Å². The lowest BCUT2D eigenvalue weighted by Crippen LogP contribution is -2.42. The number of hydrogen-bond acceptors (Lipinski definition) is 5. The van der Waals surface area contributed by atoms with E-state index >= 15 is 0 Å². The SMILES string of the molecule is NOC1CC[C@H](O)[C@@H](CO)O1. The highest BCUT2D eigenvalue weighted by atomic mass is 16.8. The molecule has 66 valence electrons. The van der Waals surface area contributed by atoms with Crippen molar-refractivity contribution >= 4 is 0 Å². The van der Waals surface area contributed by atoms with Crippen molar-refractivity contribution in [2.75, 3.05) is 6.61 Å². The summed E-state index contributed by atoms with van der Waals surface area (Å²) < 4.78 is 5.05. The van der Waals surface area contributed by atoms with Crippen molar-refractivity contribution in [1.29, 1.82) is 0 Å². The second kappa shape index (κ2) is 3.99. The van der Waals surface area contributed by atoms with Crippen LogP contribution in [0.5, 0.6) is 0 Å². The molecule has 5 nitrogen and oxygen atoms in total. The van der Waals surface area contributed by atoms with Gasteiger partial charge in [-0.05, 0) is 6.42 Å². The number of hydrogen-bond donors (Lipinski definition) is 3. The van der Waals surface area contributed by atoms with Gasteiger partial charge in [-0.15, -0.1) is 0 Å². The van der Waals surface area contributed by atoms with Gasteiger partial charge < -0.3 is 14.9 Å². The van der Waals surface area contributed by atoms with E-state index in [1.165, 1.54) is 0 Å². The summed E-state index contributed by atoms with van der Waals surface area (Å²) in [6.45, 7) is -0.207. The fourth-order valence-electron chi connectivity index (χ4n) is 1.11. The van der Waals surface area contributed by atoms with Crippen LogP contribution < -0.4 is 5.90 Å². The summed E-state index contributed by atoms with van der Waals surface area (Å²) in [6.07, 6.45) is -0.541. The molecule has 0 spiro atoms. The molecule has 11 heavy (non-hydrogen) atoms. The van der Waals surface area contributed by atoms with Gasteiger partial charge in [-0.25, -0.2) is 5.90 Å². The third-order valence-electron chi connectivity index (χ3n) is 1.79. The van der Waals surface area contributed by atoms with Crippen LogP contribution in [0.2, 0.25) is 0 Å². The van der Waals surface area contributed by atoms with Crippen LogP contribution in [0.3, 0.4) is 0 Å². The van der Waals surface area contributed by atoms with E-state index in [1.54, 1.807) is 0 Å². The average molecular weight is 163 g/mol. The number of rotatable bonds is 2. The third kappa shape index (κ3) is 2.11. The molecule has 0 amide bonds. The Hall–Kier alpha value is -0.200. The van der Waals surface area contributed by atoms with E-state index in [4.69, 9.17) is 15.7 Å². The molecule has 5 heteroatoms. The van der Waals surface area contributed by atoms with Gasteiger partial charge in [0.05, 0.1) is 12.7 Å². The maximum Gasteiger partial charge on any atom is 0.177 e. The first-order chi connectivity index (χ1) is 5.27. The second-order valence-corrected chi connectivity index (χ2v) is 2.57. The highest BCUT2D eigenvalue weighted by Gasteiger charge is 2.29. The second-order valence-electron chi connectivity index (χ2n) is 2.57. The molecule has 0 radical (unpaired) electrons. The van der Waals surface area contributed by atoms with E-state index in [2.05, 4.69) is 4.84 Å². The molecule has 0 saturated carbocycles. The lowest BCUT2D eigenvalue weighted by atomic mass is 10.1. The molecule has 1 aliphatic heterocycles. The molecular formula is C6H13NO4. The third-order valence-corrected chi connectivity index (χ3v) is 1.79. The van der Waals surface area contributed by atoms with E-state index < -0.39 is 18.5 Å². The molecule has 0 aliphatic carbocycles. The van der Waals surface area contributed by atoms with Gasteiger partial charge >= 0.3 is 0 Å². The number of aliphatic hydroxyl groups is 2.